The number of nitrogens with zero attached hydrogens (tertiary/aromatic N) is 1. The lowest BCUT2D eigenvalue weighted by molar-refractivity contribution is 0.0547. The molecule has 1 aromatic rings. The van der Waals surface area contributed by atoms with Crippen molar-refractivity contribution in [1.29, 1.82) is 0 Å². The van der Waals surface area contributed by atoms with Gasteiger partial charge in [0, 0.05) is 19.7 Å². The topological polar surface area (TPSA) is 38.5 Å². The Morgan fingerprint density at radius 3 is 2.84 bits per heavy atom. The van der Waals surface area contributed by atoms with Crippen LogP contribution >= 0.6 is 0 Å². The molecule has 0 bridgehead atoms. The third kappa shape index (κ3) is 4.90. The first-order valence-electron chi connectivity index (χ1n) is 7.06. The van der Waals surface area contributed by atoms with Gasteiger partial charge in [-0.15, -0.1) is 0 Å². The molecule has 0 saturated carbocycles. The van der Waals surface area contributed by atoms with Crippen molar-refractivity contribution in [3.05, 3.63) is 35.6 Å². The first kappa shape index (κ1) is 14.4. The maximum Gasteiger partial charge on any atom is 0.123 e. The van der Waals surface area contributed by atoms with Gasteiger partial charge in [-0.1, -0.05) is 12.1 Å². The lowest BCUT2D eigenvalue weighted by Crippen LogP contribution is -2.34. The highest BCUT2D eigenvalue weighted by atomic mass is 19.1. The lowest BCUT2D eigenvalue weighted by atomic mass is 10.1. The molecule has 19 heavy (non-hydrogen) atoms. The van der Waals surface area contributed by atoms with Crippen molar-refractivity contribution in [2.45, 2.75) is 25.4 Å². The second-order valence-corrected chi connectivity index (χ2v) is 5.12. The van der Waals surface area contributed by atoms with E-state index in [1.807, 2.05) is 12.1 Å². The molecule has 0 radical (unpaired) electrons. The number of nitrogens with two attached hydrogens (primary N) is 1. The summed E-state index contributed by atoms with van der Waals surface area (Å²) in [6.45, 7) is 4.61. The van der Waals surface area contributed by atoms with Gasteiger partial charge in [-0.05, 0) is 50.0 Å². The second kappa shape index (κ2) is 7.58. The lowest BCUT2D eigenvalue weighted by Gasteiger charge is -2.23. The summed E-state index contributed by atoms with van der Waals surface area (Å²) in [7, 11) is 0. The molecule has 1 aliphatic rings. The van der Waals surface area contributed by atoms with Crippen LogP contribution in [0.5, 0.6) is 0 Å². The van der Waals surface area contributed by atoms with Crippen LogP contribution in [0.1, 0.15) is 18.4 Å². The van der Waals surface area contributed by atoms with E-state index in [4.69, 9.17) is 10.5 Å². The van der Waals surface area contributed by atoms with Crippen molar-refractivity contribution in [2.24, 2.45) is 5.73 Å². The molecule has 1 heterocycles. The molecule has 1 atom stereocenters. The van der Waals surface area contributed by atoms with Gasteiger partial charge in [0.2, 0.25) is 0 Å². The number of benzene rings is 1. The fourth-order valence-corrected chi connectivity index (χ4v) is 2.49. The zero-order chi connectivity index (χ0) is 13.5. The maximum atomic E-state index is 12.9. The molecule has 106 valence electrons. The van der Waals surface area contributed by atoms with Gasteiger partial charge in [-0.25, -0.2) is 4.39 Å². The maximum absolute atomic E-state index is 12.9. The van der Waals surface area contributed by atoms with Crippen molar-refractivity contribution < 1.29 is 9.13 Å². The Bertz CT molecular complexity index is 369. The van der Waals surface area contributed by atoms with Crippen LogP contribution in [-0.2, 0) is 11.2 Å². The SMILES string of the molecule is NCCCN1CCCOC(Cc2ccc(F)cc2)C1. The molecule has 1 fully saturated rings. The van der Waals surface area contributed by atoms with Gasteiger partial charge in [0.15, 0.2) is 0 Å². The van der Waals surface area contributed by atoms with Crippen LogP contribution in [0.3, 0.4) is 0 Å². The number of halogens is 1. The molecule has 1 saturated heterocycles. The predicted molar refractivity (Wildman–Crippen MR) is 74.6 cm³/mol. The third-order valence-electron chi connectivity index (χ3n) is 3.49. The average molecular weight is 266 g/mol. The normalized spacial score (nSPS) is 21.3. The number of hydrogen-bond donors (Lipinski definition) is 1. The molecule has 2 rings (SSSR count). The standard InChI is InChI=1S/C15H23FN2O/c16-14-5-3-13(4-6-14)11-15-12-18(8-1-7-17)9-2-10-19-15/h3-6,15H,1-2,7-12,17H2. The molecule has 1 unspecified atom stereocenters. The van der Waals surface area contributed by atoms with E-state index in [1.54, 1.807) is 0 Å². The Balaban J connectivity index is 1.88. The molecule has 1 aromatic carbocycles. The van der Waals surface area contributed by atoms with E-state index >= 15 is 0 Å². The van der Waals surface area contributed by atoms with E-state index in [0.717, 1.165) is 57.6 Å². The summed E-state index contributed by atoms with van der Waals surface area (Å²) in [5, 5.41) is 0. The van der Waals surface area contributed by atoms with E-state index < -0.39 is 0 Å². The molecule has 0 spiro atoms. The van der Waals surface area contributed by atoms with Gasteiger partial charge in [-0.3, -0.25) is 0 Å². The molecule has 0 aromatic heterocycles. The number of hydrogen-bond acceptors (Lipinski definition) is 3. The van der Waals surface area contributed by atoms with Crippen LogP contribution in [0.25, 0.3) is 0 Å². The van der Waals surface area contributed by atoms with E-state index in [0.29, 0.717) is 0 Å². The van der Waals surface area contributed by atoms with Crippen LogP contribution in [0.4, 0.5) is 4.39 Å². The van der Waals surface area contributed by atoms with Crippen molar-refractivity contribution >= 4 is 0 Å². The van der Waals surface area contributed by atoms with Crippen LogP contribution in [-0.4, -0.2) is 43.8 Å². The number of rotatable bonds is 5. The van der Waals surface area contributed by atoms with Gasteiger partial charge < -0.3 is 15.4 Å². The smallest absolute Gasteiger partial charge is 0.123 e. The second-order valence-electron chi connectivity index (χ2n) is 5.12. The Labute approximate surface area is 114 Å². The minimum absolute atomic E-state index is 0.185. The van der Waals surface area contributed by atoms with E-state index in [-0.39, 0.29) is 11.9 Å². The zero-order valence-corrected chi connectivity index (χ0v) is 11.4. The molecule has 2 N–H and O–H groups in total. The summed E-state index contributed by atoms with van der Waals surface area (Å²) in [4.78, 5) is 2.42. The quantitative estimate of drug-likeness (QED) is 0.883. The molecule has 4 heteroatoms. The largest absolute Gasteiger partial charge is 0.376 e. The first-order valence-corrected chi connectivity index (χ1v) is 7.06. The van der Waals surface area contributed by atoms with Crippen LogP contribution in [0.15, 0.2) is 24.3 Å². The Kier molecular flexibility index (Phi) is 5.76. The summed E-state index contributed by atoms with van der Waals surface area (Å²) < 4.78 is 18.8. The summed E-state index contributed by atoms with van der Waals surface area (Å²) >= 11 is 0. The van der Waals surface area contributed by atoms with Gasteiger partial charge in [0.25, 0.3) is 0 Å². The first-order chi connectivity index (χ1) is 9.28. The van der Waals surface area contributed by atoms with Crippen molar-refractivity contribution in [1.82, 2.24) is 4.90 Å². The Morgan fingerprint density at radius 1 is 1.32 bits per heavy atom. The summed E-state index contributed by atoms with van der Waals surface area (Å²) in [6, 6.07) is 6.71. The summed E-state index contributed by atoms with van der Waals surface area (Å²) in [5.74, 6) is -0.185. The highest BCUT2D eigenvalue weighted by molar-refractivity contribution is 5.17. The van der Waals surface area contributed by atoms with Gasteiger partial charge in [0.05, 0.1) is 6.10 Å². The molecule has 1 aliphatic heterocycles. The Morgan fingerprint density at radius 2 is 2.11 bits per heavy atom. The molecule has 0 aliphatic carbocycles. The molecule has 3 nitrogen and oxygen atoms in total. The van der Waals surface area contributed by atoms with E-state index in [2.05, 4.69) is 4.90 Å². The Hall–Kier alpha value is -0.970. The van der Waals surface area contributed by atoms with Gasteiger partial charge in [-0.2, -0.15) is 0 Å². The highest BCUT2D eigenvalue weighted by Crippen LogP contribution is 2.12. The van der Waals surface area contributed by atoms with E-state index in [9.17, 15) is 4.39 Å². The van der Waals surface area contributed by atoms with Gasteiger partial charge in [0.1, 0.15) is 5.82 Å². The molecular formula is C15H23FN2O. The minimum Gasteiger partial charge on any atom is -0.376 e. The monoisotopic (exact) mass is 266 g/mol. The molecular weight excluding hydrogens is 243 g/mol. The number of ether oxygens (including phenoxy) is 1. The fraction of sp³-hybridized carbons (Fsp3) is 0.600. The van der Waals surface area contributed by atoms with Crippen LogP contribution < -0.4 is 5.73 Å². The third-order valence-corrected chi connectivity index (χ3v) is 3.49. The van der Waals surface area contributed by atoms with Crippen LogP contribution in [0.2, 0.25) is 0 Å². The van der Waals surface area contributed by atoms with Gasteiger partial charge >= 0.3 is 0 Å². The van der Waals surface area contributed by atoms with Crippen molar-refractivity contribution in [3.8, 4) is 0 Å². The highest BCUT2D eigenvalue weighted by Gasteiger charge is 2.18. The fourth-order valence-electron chi connectivity index (χ4n) is 2.49. The predicted octanol–water partition coefficient (Wildman–Crippen LogP) is 1.81. The van der Waals surface area contributed by atoms with Crippen molar-refractivity contribution in [2.75, 3.05) is 32.8 Å². The van der Waals surface area contributed by atoms with E-state index in [1.165, 1.54) is 12.1 Å². The minimum atomic E-state index is -0.185. The van der Waals surface area contributed by atoms with Crippen molar-refractivity contribution in [3.63, 3.8) is 0 Å². The van der Waals surface area contributed by atoms with Crippen LogP contribution in [0, 0.1) is 5.82 Å². The summed E-state index contributed by atoms with van der Waals surface area (Å²) in [5.41, 5.74) is 6.70. The molecule has 0 amide bonds. The zero-order valence-electron chi connectivity index (χ0n) is 11.4. The summed E-state index contributed by atoms with van der Waals surface area (Å²) in [6.07, 6.45) is 3.15. The average Bonchev–Trinajstić information content (AvgIpc) is 2.64.